The molecule has 5 nitrogen and oxygen atoms in total. The Labute approximate surface area is 142 Å². The van der Waals surface area contributed by atoms with Crippen molar-refractivity contribution in [2.75, 3.05) is 26.2 Å². The number of para-hydroxylation sites is 1. The summed E-state index contributed by atoms with van der Waals surface area (Å²) >= 11 is 0. The summed E-state index contributed by atoms with van der Waals surface area (Å²) in [4.78, 5) is 26.6. The van der Waals surface area contributed by atoms with Crippen LogP contribution in [0.4, 0.5) is 0 Å². The lowest BCUT2D eigenvalue weighted by molar-refractivity contribution is -0.137. The molecular weight excluding hydrogens is 304 g/mol. The Bertz CT molecular complexity index is 729. The molecule has 0 amide bonds. The Balaban J connectivity index is 1.83. The smallest absolute Gasteiger partial charge is 0.379 e. The fourth-order valence-electron chi connectivity index (χ4n) is 3.35. The van der Waals surface area contributed by atoms with Gasteiger partial charge in [-0.15, -0.1) is 0 Å². The number of esters is 1. The van der Waals surface area contributed by atoms with Crippen molar-refractivity contribution in [3.05, 3.63) is 36.0 Å². The number of benzene rings is 1. The average molecular weight is 328 g/mol. The molecule has 1 aromatic heterocycles. The van der Waals surface area contributed by atoms with Crippen molar-refractivity contribution in [1.82, 2.24) is 9.47 Å². The molecule has 1 aliphatic rings. The van der Waals surface area contributed by atoms with E-state index in [1.165, 1.54) is 19.3 Å². The van der Waals surface area contributed by atoms with Gasteiger partial charge in [-0.2, -0.15) is 0 Å². The number of piperidine rings is 1. The van der Waals surface area contributed by atoms with Gasteiger partial charge in [-0.05, 0) is 38.9 Å². The van der Waals surface area contributed by atoms with E-state index in [0.717, 1.165) is 37.1 Å². The first-order valence-electron chi connectivity index (χ1n) is 8.72. The number of ketones is 1. The van der Waals surface area contributed by atoms with E-state index in [1.54, 1.807) is 13.1 Å². The van der Waals surface area contributed by atoms with Crippen molar-refractivity contribution in [3.8, 4) is 0 Å². The minimum atomic E-state index is -0.781. The van der Waals surface area contributed by atoms with Gasteiger partial charge in [0.2, 0.25) is 0 Å². The lowest BCUT2D eigenvalue weighted by Gasteiger charge is -2.26. The molecule has 24 heavy (non-hydrogen) atoms. The molecule has 1 aromatic carbocycles. The third kappa shape index (κ3) is 3.51. The summed E-state index contributed by atoms with van der Waals surface area (Å²) in [5.41, 5.74) is 1.42. The van der Waals surface area contributed by atoms with Crippen LogP contribution in [0, 0.1) is 0 Å². The number of Topliss-reactive ketones (excluding diaryl/α,β-unsaturated/α-hetero) is 1. The minimum absolute atomic E-state index is 0.207. The van der Waals surface area contributed by atoms with Crippen LogP contribution < -0.4 is 0 Å². The standard InChI is InChI=1S/C19H24N2O3/c1-2-24-19(23)18(22)16-14-21(17-9-5-4-8-15(16)17)13-12-20-10-6-3-7-11-20/h4-5,8-9,14H,2-3,6-7,10-13H2,1H3. The van der Waals surface area contributed by atoms with E-state index < -0.39 is 11.8 Å². The van der Waals surface area contributed by atoms with E-state index in [0.29, 0.717) is 5.56 Å². The van der Waals surface area contributed by atoms with Crippen LogP contribution in [0.1, 0.15) is 36.5 Å². The van der Waals surface area contributed by atoms with Crippen LogP contribution in [0.25, 0.3) is 10.9 Å². The number of aromatic nitrogens is 1. The number of ether oxygens (including phenoxy) is 1. The van der Waals surface area contributed by atoms with Crippen LogP contribution in [-0.2, 0) is 16.1 Å². The molecule has 128 valence electrons. The first-order chi connectivity index (χ1) is 11.7. The fourth-order valence-corrected chi connectivity index (χ4v) is 3.35. The van der Waals surface area contributed by atoms with Crippen molar-refractivity contribution < 1.29 is 14.3 Å². The van der Waals surface area contributed by atoms with Gasteiger partial charge in [0.1, 0.15) is 0 Å². The number of nitrogens with zero attached hydrogens (tertiary/aromatic N) is 2. The van der Waals surface area contributed by atoms with Crippen LogP contribution in [0.3, 0.4) is 0 Å². The van der Waals surface area contributed by atoms with Gasteiger partial charge in [-0.3, -0.25) is 4.79 Å². The Morgan fingerprint density at radius 1 is 1.08 bits per heavy atom. The highest BCUT2D eigenvalue weighted by molar-refractivity contribution is 6.43. The maximum absolute atomic E-state index is 12.4. The predicted octanol–water partition coefficient (Wildman–Crippen LogP) is 2.87. The quantitative estimate of drug-likeness (QED) is 0.465. The largest absolute Gasteiger partial charge is 0.460 e. The highest BCUT2D eigenvalue weighted by atomic mass is 16.5. The summed E-state index contributed by atoms with van der Waals surface area (Å²) in [6.45, 7) is 5.98. The highest BCUT2D eigenvalue weighted by Gasteiger charge is 2.22. The SMILES string of the molecule is CCOC(=O)C(=O)c1cn(CCN2CCCCC2)c2ccccc12. The Morgan fingerprint density at radius 3 is 2.58 bits per heavy atom. The van der Waals surface area contributed by atoms with Gasteiger partial charge in [-0.25, -0.2) is 4.79 Å². The maximum atomic E-state index is 12.4. The topological polar surface area (TPSA) is 51.5 Å². The molecule has 1 aliphatic heterocycles. The molecule has 0 bridgehead atoms. The molecule has 0 spiro atoms. The average Bonchev–Trinajstić information content (AvgIpc) is 2.99. The second kappa shape index (κ2) is 7.62. The van der Waals surface area contributed by atoms with Crippen LogP contribution >= 0.6 is 0 Å². The van der Waals surface area contributed by atoms with E-state index in [1.807, 2.05) is 24.3 Å². The number of likely N-dealkylation sites (tertiary alicyclic amines) is 1. The third-order valence-corrected chi connectivity index (χ3v) is 4.60. The maximum Gasteiger partial charge on any atom is 0.379 e. The molecule has 0 atom stereocenters. The van der Waals surface area contributed by atoms with Crippen molar-refractivity contribution in [1.29, 1.82) is 0 Å². The summed E-state index contributed by atoms with van der Waals surface area (Å²) in [5.74, 6) is -1.35. The van der Waals surface area contributed by atoms with E-state index in [9.17, 15) is 9.59 Å². The molecule has 0 radical (unpaired) electrons. The van der Waals surface area contributed by atoms with Crippen molar-refractivity contribution >= 4 is 22.7 Å². The summed E-state index contributed by atoms with van der Waals surface area (Å²) in [5, 5.41) is 0.814. The van der Waals surface area contributed by atoms with Gasteiger partial charge < -0.3 is 14.2 Å². The Hall–Kier alpha value is -2.14. The minimum Gasteiger partial charge on any atom is -0.460 e. The van der Waals surface area contributed by atoms with Gasteiger partial charge in [0.25, 0.3) is 5.78 Å². The lowest BCUT2D eigenvalue weighted by atomic mass is 10.1. The predicted molar refractivity (Wildman–Crippen MR) is 93.2 cm³/mol. The van der Waals surface area contributed by atoms with Gasteiger partial charge in [0, 0.05) is 30.2 Å². The van der Waals surface area contributed by atoms with Gasteiger partial charge in [-0.1, -0.05) is 24.6 Å². The number of fused-ring (bicyclic) bond motifs is 1. The zero-order chi connectivity index (χ0) is 16.9. The monoisotopic (exact) mass is 328 g/mol. The van der Waals surface area contributed by atoms with E-state index >= 15 is 0 Å². The molecule has 0 saturated carbocycles. The molecule has 3 rings (SSSR count). The normalized spacial score (nSPS) is 15.5. The van der Waals surface area contributed by atoms with Gasteiger partial charge in [0.15, 0.2) is 0 Å². The second-order valence-corrected chi connectivity index (χ2v) is 6.21. The van der Waals surface area contributed by atoms with E-state index in [2.05, 4.69) is 9.47 Å². The molecule has 5 heteroatoms. The van der Waals surface area contributed by atoms with Crippen molar-refractivity contribution in [2.24, 2.45) is 0 Å². The fraction of sp³-hybridized carbons (Fsp3) is 0.474. The molecule has 0 N–H and O–H groups in total. The van der Waals surface area contributed by atoms with E-state index in [4.69, 9.17) is 4.74 Å². The zero-order valence-electron chi connectivity index (χ0n) is 14.2. The van der Waals surface area contributed by atoms with Gasteiger partial charge >= 0.3 is 5.97 Å². The summed E-state index contributed by atoms with van der Waals surface area (Å²) in [6.07, 6.45) is 5.65. The molecular formula is C19H24N2O3. The molecule has 2 aromatic rings. The van der Waals surface area contributed by atoms with Crippen LogP contribution in [0.15, 0.2) is 30.5 Å². The van der Waals surface area contributed by atoms with Crippen LogP contribution in [-0.4, -0.2) is 47.5 Å². The van der Waals surface area contributed by atoms with Gasteiger partial charge in [0.05, 0.1) is 12.2 Å². The number of carbonyl (C=O) groups excluding carboxylic acids is 2. The number of hydrogen-bond acceptors (Lipinski definition) is 4. The third-order valence-electron chi connectivity index (χ3n) is 4.60. The lowest BCUT2D eigenvalue weighted by Crippen LogP contribution is -2.32. The number of rotatable bonds is 6. The summed E-state index contributed by atoms with van der Waals surface area (Å²) < 4.78 is 6.95. The number of carbonyl (C=O) groups is 2. The van der Waals surface area contributed by atoms with Crippen molar-refractivity contribution in [3.63, 3.8) is 0 Å². The first-order valence-corrected chi connectivity index (χ1v) is 8.72. The zero-order valence-corrected chi connectivity index (χ0v) is 14.2. The first kappa shape index (κ1) is 16.7. The molecule has 0 aliphatic carbocycles. The van der Waals surface area contributed by atoms with Crippen LogP contribution in [0.2, 0.25) is 0 Å². The molecule has 1 fully saturated rings. The van der Waals surface area contributed by atoms with E-state index in [-0.39, 0.29) is 6.61 Å². The Morgan fingerprint density at radius 2 is 1.83 bits per heavy atom. The molecule has 0 unspecified atom stereocenters. The summed E-state index contributed by atoms with van der Waals surface area (Å²) in [7, 11) is 0. The van der Waals surface area contributed by atoms with Crippen molar-refractivity contribution in [2.45, 2.75) is 32.7 Å². The molecule has 2 heterocycles. The Kier molecular flexibility index (Phi) is 5.30. The summed E-state index contributed by atoms with van der Waals surface area (Å²) in [6, 6.07) is 7.73. The number of hydrogen-bond donors (Lipinski definition) is 0. The molecule has 1 saturated heterocycles. The second-order valence-electron chi connectivity index (χ2n) is 6.21. The van der Waals surface area contributed by atoms with Crippen LogP contribution in [0.5, 0.6) is 0 Å². The highest BCUT2D eigenvalue weighted by Crippen LogP contribution is 2.22.